The van der Waals surface area contributed by atoms with E-state index in [0.29, 0.717) is 22.3 Å². The van der Waals surface area contributed by atoms with Crippen molar-refractivity contribution in [3.8, 4) is 44.5 Å². The van der Waals surface area contributed by atoms with Gasteiger partial charge in [-0.15, -0.1) is 0 Å². The van der Waals surface area contributed by atoms with Gasteiger partial charge in [-0.3, -0.25) is 14.4 Å². The number of fused-ring (bicyclic) bond motifs is 8. The van der Waals surface area contributed by atoms with Crippen LogP contribution < -0.4 is 21.7 Å². The van der Waals surface area contributed by atoms with Crippen LogP contribution in [0.1, 0.15) is 22.8 Å². The molecule has 0 aliphatic carbocycles. The minimum Gasteiger partial charge on any atom is -0.398 e. The first-order chi connectivity index (χ1) is 33.3. The van der Waals surface area contributed by atoms with Crippen molar-refractivity contribution < 1.29 is 53.9 Å². The van der Waals surface area contributed by atoms with Crippen LogP contribution in [-0.2, 0) is 14.4 Å². The third-order valence-electron chi connectivity index (χ3n) is 11.1. The van der Waals surface area contributed by atoms with Gasteiger partial charge in [0.1, 0.15) is 0 Å². The molecule has 11 nitrogen and oxygen atoms in total. The van der Waals surface area contributed by atoms with Crippen LogP contribution in [0.25, 0.3) is 90.9 Å². The maximum Gasteiger partial charge on any atom is 0.471 e. The number of halogens is 9. The molecule has 2 aliphatic heterocycles. The Kier molecular flexibility index (Phi) is 11.6. The van der Waals surface area contributed by atoms with Crippen LogP contribution in [0.3, 0.4) is 0 Å². The maximum atomic E-state index is 13.8. The van der Waals surface area contributed by atoms with Crippen LogP contribution in [-0.4, -0.2) is 56.2 Å². The Bertz CT molecular complexity index is 3460. The lowest BCUT2D eigenvalue weighted by atomic mass is 10.0. The van der Waals surface area contributed by atoms with Crippen molar-refractivity contribution in [1.29, 1.82) is 0 Å². The standard InChI is InChI=1S/C50H31F9N8O3/c51-48(52,53)45(68)65-30-14-6-2-10-26(30)42-35-19-17-33(61-35)41(25-9-1-5-13-29(25)60)34-18-20-36(62-34)43(27-11-3-7-15-31(27)66-46(69)49(54,55)56)38-22-24-40(64-38)44(39-23-21-37(42)63-39)28-12-4-8-16-32(28)67-47(70)50(57,58)59/h1-24,61,64H,60H2,(H,65,68)(H,66,69)(H,67,70). The average molecular weight is 963 g/mol. The number of nitrogens with zero attached hydrogens (tertiary/aromatic N) is 2. The number of benzene rings is 4. The Morgan fingerprint density at radius 1 is 0.386 bits per heavy atom. The molecule has 0 radical (unpaired) electrons. The Morgan fingerprint density at radius 2 is 0.643 bits per heavy atom. The maximum absolute atomic E-state index is 13.8. The van der Waals surface area contributed by atoms with E-state index in [9.17, 15) is 53.9 Å². The van der Waals surface area contributed by atoms with Gasteiger partial charge in [-0.05, 0) is 72.8 Å². The number of nitrogen functional groups attached to an aromatic ring is 1. The number of carbonyl (C=O) groups is 3. The van der Waals surface area contributed by atoms with Gasteiger partial charge in [-0.1, -0.05) is 72.8 Å². The molecule has 3 amide bonds. The van der Waals surface area contributed by atoms with E-state index in [-0.39, 0.29) is 89.8 Å². The highest BCUT2D eigenvalue weighted by molar-refractivity contribution is 6.07. The molecule has 0 atom stereocenters. The summed E-state index contributed by atoms with van der Waals surface area (Å²) in [5.74, 6) is -6.82. The minimum absolute atomic E-state index is 0.00591. The summed E-state index contributed by atoms with van der Waals surface area (Å²) in [5, 5.41) is 5.79. The van der Waals surface area contributed by atoms with Gasteiger partial charge in [0.25, 0.3) is 0 Å². The molecule has 0 unspecified atom stereocenters. The smallest absolute Gasteiger partial charge is 0.398 e. The van der Waals surface area contributed by atoms with Gasteiger partial charge in [-0.25, -0.2) is 9.97 Å². The highest BCUT2D eigenvalue weighted by Crippen LogP contribution is 2.43. The van der Waals surface area contributed by atoms with E-state index in [4.69, 9.17) is 15.7 Å². The number of nitrogens with one attached hydrogen (secondary N) is 5. The van der Waals surface area contributed by atoms with Crippen LogP contribution >= 0.6 is 0 Å². The Morgan fingerprint density at radius 3 is 0.929 bits per heavy atom. The van der Waals surface area contributed by atoms with E-state index < -0.39 is 36.3 Å². The van der Waals surface area contributed by atoms with Gasteiger partial charge in [0.2, 0.25) is 0 Å². The van der Waals surface area contributed by atoms with Crippen molar-refractivity contribution >= 4 is 86.8 Å². The summed E-state index contributed by atoms with van der Waals surface area (Å²) in [6.07, 6.45) is -9.71. The number of carbonyl (C=O) groups excluding carboxylic acids is 3. The molecule has 2 aliphatic rings. The fraction of sp³-hybridized carbons (Fsp3) is 0.0600. The Hall–Kier alpha value is -8.94. The Balaban J connectivity index is 1.46. The van der Waals surface area contributed by atoms with Gasteiger partial charge in [-0.2, -0.15) is 39.5 Å². The Labute approximate surface area is 388 Å². The first kappa shape index (κ1) is 46.2. The molecule has 5 heterocycles. The normalized spacial score (nSPS) is 12.5. The van der Waals surface area contributed by atoms with Crippen molar-refractivity contribution in [2.24, 2.45) is 0 Å². The molecule has 0 spiro atoms. The van der Waals surface area contributed by atoms with Crippen molar-refractivity contribution in [3.05, 3.63) is 144 Å². The largest absolute Gasteiger partial charge is 0.471 e. The summed E-state index contributed by atoms with van der Waals surface area (Å²) in [5.41, 5.74) is 8.83. The van der Waals surface area contributed by atoms with Crippen LogP contribution in [0, 0.1) is 0 Å². The molecule has 4 aromatic carbocycles. The van der Waals surface area contributed by atoms with Gasteiger partial charge >= 0.3 is 36.3 Å². The topological polar surface area (TPSA) is 171 Å². The minimum atomic E-state index is -5.31. The van der Waals surface area contributed by atoms with E-state index in [1.165, 1.54) is 97.1 Å². The summed E-state index contributed by atoms with van der Waals surface area (Å²) in [6.45, 7) is 0. The van der Waals surface area contributed by atoms with Crippen LogP contribution in [0.15, 0.2) is 121 Å². The summed E-state index contributed by atoms with van der Waals surface area (Å²) in [6, 6.07) is 29.8. The zero-order valence-corrected chi connectivity index (χ0v) is 35.5. The third kappa shape index (κ3) is 8.96. The highest BCUT2D eigenvalue weighted by atomic mass is 19.4. The lowest BCUT2D eigenvalue weighted by Gasteiger charge is -2.14. The molecule has 7 N–H and O–H groups in total. The first-order valence-electron chi connectivity index (χ1n) is 20.7. The fourth-order valence-corrected chi connectivity index (χ4v) is 8.07. The number of nitrogens with two attached hydrogens (primary N) is 1. The van der Waals surface area contributed by atoms with Gasteiger partial charge in [0.05, 0.1) is 22.8 Å². The number of aromatic nitrogens is 4. The fourth-order valence-electron chi connectivity index (χ4n) is 8.07. The van der Waals surface area contributed by atoms with E-state index in [0.717, 1.165) is 0 Å². The second kappa shape index (κ2) is 17.6. The average Bonchev–Trinajstić information content (AvgIpc) is 4.16. The summed E-state index contributed by atoms with van der Waals surface area (Å²) in [7, 11) is 0. The number of alkyl halides is 9. The predicted molar refractivity (Wildman–Crippen MR) is 249 cm³/mol. The zero-order chi connectivity index (χ0) is 49.7. The molecular formula is C50H31F9N8O3. The van der Waals surface area contributed by atoms with E-state index in [2.05, 4.69) is 9.97 Å². The predicted octanol–water partition coefficient (Wildman–Crippen LogP) is 12.4. The number of amides is 3. The quantitative estimate of drug-likeness (QED) is 0.0686. The molecule has 0 fully saturated rings. The number of para-hydroxylation sites is 4. The number of anilines is 4. The molecule has 7 aromatic rings. The monoisotopic (exact) mass is 962 g/mol. The molecule has 9 rings (SSSR count). The molecule has 352 valence electrons. The second-order valence-corrected chi connectivity index (χ2v) is 15.6. The van der Waals surface area contributed by atoms with Gasteiger partial charge < -0.3 is 31.7 Å². The van der Waals surface area contributed by atoms with Gasteiger partial charge in [0.15, 0.2) is 0 Å². The van der Waals surface area contributed by atoms with Crippen LogP contribution in [0.5, 0.6) is 0 Å². The number of hydrogen-bond donors (Lipinski definition) is 6. The van der Waals surface area contributed by atoms with E-state index in [1.807, 2.05) is 16.0 Å². The lowest BCUT2D eigenvalue weighted by molar-refractivity contribution is -0.167. The SMILES string of the molecule is Nc1ccccc1-c1c2nc(c(-c3ccccc3NC(=O)C(F)(F)F)c3ccc([nH]3)c(-c3ccccc3NC(=O)C(F)(F)F)c3nc(c(-c4ccccc4NC(=O)C(F)(F)F)c4ccc1[nH]4)C=C3)C=C2. The summed E-state index contributed by atoms with van der Waals surface area (Å²) in [4.78, 5) is 53.8. The zero-order valence-electron chi connectivity index (χ0n) is 35.5. The molecular weight excluding hydrogens is 932 g/mol. The second-order valence-electron chi connectivity index (χ2n) is 15.6. The van der Waals surface area contributed by atoms with Gasteiger partial charge in [0, 0.05) is 89.3 Å². The molecule has 8 bridgehead atoms. The highest BCUT2D eigenvalue weighted by Gasteiger charge is 2.41. The van der Waals surface area contributed by atoms with Crippen molar-refractivity contribution in [1.82, 2.24) is 19.9 Å². The molecule has 70 heavy (non-hydrogen) atoms. The van der Waals surface area contributed by atoms with E-state index in [1.54, 1.807) is 48.6 Å². The number of hydrogen-bond acceptors (Lipinski definition) is 6. The summed E-state index contributed by atoms with van der Waals surface area (Å²) >= 11 is 0. The van der Waals surface area contributed by atoms with Crippen LogP contribution in [0.4, 0.5) is 62.3 Å². The van der Waals surface area contributed by atoms with E-state index >= 15 is 0 Å². The van der Waals surface area contributed by atoms with Crippen LogP contribution in [0.2, 0.25) is 0 Å². The lowest BCUT2D eigenvalue weighted by Crippen LogP contribution is -2.30. The third-order valence-corrected chi connectivity index (χ3v) is 11.1. The van der Waals surface area contributed by atoms with Crippen molar-refractivity contribution in [2.75, 3.05) is 21.7 Å². The number of aromatic amines is 2. The summed E-state index contributed by atoms with van der Waals surface area (Å²) < 4.78 is 124. The van der Waals surface area contributed by atoms with Crippen molar-refractivity contribution in [2.45, 2.75) is 18.5 Å². The molecule has 20 heteroatoms. The number of H-pyrrole nitrogens is 2. The first-order valence-corrected chi connectivity index (χ1v) is 20.7. The molecule has 0 saturated heterocycles. The molecule has 0 saturated carbocycles. The number of rotatable bonds is 7. The van der Waals surface area contributed by atoms with Crippen molar-refractivity contribution in [3.63, 3.8) is 0 Å². The molecule has 3 aromatic heterocycles.